The number of benzene rings is 1. The fourth-order valence-electron chi connectivity index (χ4n) is 3.48. The summed E-state index contributed by atoms with van der Waals surface area (Å²) in [6.07, 6.45) is 3.58. The Kier molecular flexibility index (Phi) is 4.68. The van der Waals surface area contributed by atoms with Crippen LogP contribution >= 0.6 is 11.6 Å². The highest BCUT2D eigenvalue weighted by atomic mass is 35.5. The van der Waals surface area contributed by atoms with E-state index in [1.165, 1.54) is 11.1 Å². The molecule has 0 unspecified atom stereocenters. The maximum atomic E-state index is 12.5. The molecule has 4 nitrogen and oxygen atoms in total. The van der Waals surface area contributed by atoms with Crippen LogP contribution in [-0.2, 0) is 29.7 Å². The molecule has 0 spiro atoms. The minimum Gasteiger partial charge on any atom is -0.332 e. The second-order valence-electron chi connectivity index (χ2n) is 7.39. The van der Waals surface area contributed by atoms with E-state index in [4.69, 9.17) is 11.6 Å². The van der Waals surface area contributed by atoms with Gasteiger partial charge >= 0.3 is 0 Å². The first-order valence-electron chi connectivity index (χ1n) is 8.35. The van der Waals surface area contributed by atoms with E-state index in [-0.39, 0.29) is 23.4 Å². The predicted molar refractivity (Wildman–Crippen MR) is 96.1 cm³/mol. The maximum absolute atomic E-state index is 12.5. The summed E-state index contributed by atoms with van der Waals surface area (Å²) in [6, 6.07) is 10.6. The van der Waals surface area contributed by atoms with Gasteiger partial charge in [-0.25, -0.2) is 0 Å². The Morgan fingerprint density at radius 3 is 2.42 bits per heavy atom. The van der Waals surface area contributed by atoms with Crippen molar-refractivity contribution in [2.75, 3.05) is 5.88 Å². The van der Waals surface area contributed by atoms with E-state index < -0.39 is 0 Å². The van der Waals surface area contributed by atoms with Crippen molar-refractivity contribution in [2.24, 2.45) is 0 Å². The van der Waals surface area contributed by atoms with E-state index in [0.717, 1.165) is 18.5 Å². The van der Waals surface area contributed by atoms with E-state index in [2.05, 4.69) is 50.1 Å². The van der Waals surface area contributed by atoms with E-state index in [1.807, 2.05) is 15.6 Å². The minimum absolute atomic E-state index is 0.0104. The Morgan fingerprint density at radius 2 is 1.88 bits per heavy atom. The Morgan fingerprint density at radius 1 is 1.25 bits per heavy atom. The summed E-state index contributed by atoms with van der Waals surface area (Å²) >= 11 is 5.89. The molecular formula is C19H24ClN3O. The summed E-state index contributed by atoms with van der Waals surface area (Å²) < 4.78 is 1.99. The zero-order valence-corrected chi connectivity index (χ0v) is 15.3. The minimum atomic E-state index is -0.118. The van der Waals surface area contributed by atoms with Crippen molar-refractivity contribution in [3.8, 4) is 0 Å². The lowest BCUT2D eigenvalue weighted by Crippen LogP contribution is -2.42. The van der Waals surface area contributed by atoms with Crippen molar-refractivity contribution in [3.05, 3.63) is 53.3 Å². The quantitative estimate of drug-likeness (QED) is 0.797. The van der Waals surface area contributed by atoms with Crippen LogP contribution in [0.4, 0.5) is 0 Å². The van der Waals surface area contributed by atoms with E-state index >= 15 is 0 Å². The van der Waals surface area contributed by atoms with Crippen LogP contribution in [0.25, 0.3) is 0 Å². The number of halogens is 1. The van der Waals surface area contributed by atoms with Crippen molar-refractivity contribution < 1.29 is 4.79 Å². The average Bonchev–Trinajstić information content (AvgIpc) is 3.17. The average molecular weight is 346 g/mol. The third-order valence-electron chi connectivity index (χ3n) is 4.59. The van der Waals surface area contributed by atoms with Gasteiger partial charge in [0.15, 0.2) is 0 Å². The number of rotatable bonds is 4. The largest absolute Gasteiger partial charge is 0.332 e. The molecule has 0 saturated heterocycles. The van der Waals surface area contributed by atoms with Crippen LogP contribution in [0.1, 0.15) is 37.6 Å². The molecule has 1 aliphatic carbocycles. The smallest absolute Gasteiger partial charge is 0.238 e. The molecule has 0 radical (unpaired) electrons. The molecule has 0 saturated carbocycles. The Bertz CT molecular complexity index is 707. The van der Waals surface area contributed by atoms with Crippen LogP contribution in [-0.4, -0.2) is 32.5 Å². The van der Waals surface area contributed by atoms with Crippen LogP contribution in [0.5, 0.6) is 0 Å². The van der Waals surface area contributed by atoms with Gasteiger partial charge in [0.05, 0.1) is 17.8 Å². The summed E-state index contributed by atoms with van der Waals surface area (Å²) in [7, 11) is 0. The first-order chi connectivity index (χ1) is 11.4. The Balaban J connectivity index is 1.85. The van der Waals surface area contributed by atoms with Crippen LogP contribution in [0.3, 0.4) is 0 Å². The number of carbonyl (C=O) groups is 1. The highest BCUT2D eigenvalue weighted by Crippen LogP contribution is 2.27. The van der Waals surface area contributed by atoms with Gasteiger partial charge in [-0.3, -0.25) is 9.48 Å². The molecule has 1 aromatic carbocycles. The molecule has 0 bridgehead atoms. The summed E-state index contributed by atoms with van der Waals surface area (Å²) in [4.78, 5) is 14.4. The summed E-state index contributed by atoms with van der Waals surface area (Å²) in [5.74, 6) is -0.00705. The number of carbonyl (C=O) groups excluding carboxylic acids is 1. The van der Waals surface area contributed by atoms with Gasteiger partial charge in [0.2, 0.25) is 5.91 Å². The van der Waals surface area contributed by atoms with Gasteiger partial charge in [0.25, 0.3) is 0 Å². The first-order valence-corrected chi connectivity index (χ1v) is 8.89. The molecule has 0 atom stereocenters. The third-order valence-corrected chi connectivity index (χ3v) is 4.82. The molecule has 24 heavy (non-hydrogen) atoms. The number of alkyl halides is 1. The molecule has 3 rings (SSSR count). The molecular weight excluding hydrogens is 322 g/mol. The molecule has 1 aliphatic rings. The van der Waals surface area contributed by atoms with Crippen molar-refractivity contribution in [3.63, 3.8) is 0 Å². The fourth-order valence-corrected chi connectivity index (χ4v) is 3.64. The number of fused-ring (bicyclic) bond motifs is 1. The van der Waals surface area contributed by atoms with Gasteiger partial charge in [0.1, 0.15) is 5.88 Å². The zero-order chi connectivity index (χ0) is 17.3. The van der Waals surface area contributed by atoms with E-state index in [9.17, 15) is 4.79 Å². The number of hydrogen-bond acceptors (Lipinski definition) is 2. The standard InChI is InChI=1S/C19H24ClN3O/c1-19(2,3)23-16(8-9-21-23)13-22(18(24)12-20)17-10-14-6-4-5-7-15(14)11-17/h4-9,17H,10-13H2,1-3H3. The lowest BCUT2D eigenvalue weighted by Gasteiger charge is -2.30. The Hall–Kier alpha value is -1.81. The summed E-state index contributed by atoms with van der Waals surface area (Å²) in [5, 5.41) is 4.44. The number of hydrogen-bond donors (Lipinski definition) is 0. The number of nitrogens with zero attached hydrogens (tertiary/aromatic N) is 3. The van der Waals surface area contributed by atoms with Crippen LogP contribution in [0, 0.1) is 0 Å². The van der Waals surface area contributed by atoms with Crippen molar-refractivity contribution >= 4 is 17.5 Å². The highest BCUT2D eigenvalue weighted by Gasteiger charge is 2.30. The number of aromatic nitrogens is 2. The predicted octanol–water partition coefficient (Wildman–Crippen LogP) is 3.37. The molecule has 1 aromatic heterocycles. The maximum Gasteiger partial charge on any atom is 0.238 e. The molecule has 1 heterocycles. The SMILES string of the molecule is CC(C)(C)n1nccc1CN(C(=O)CCl)C1Cc2ccccc2C1. The van der Waals surface area contributed by atoms with E-state index in [1.54, 1.807) is 6.20 Å². The highest BCUT2D eigenvalue weighted by molar-refractivity contribution is 6.27. The van der Waals surface area contributed by atoms with Crippen molar-refractivity contribution in [1.29, 1.82) is 0 Å². The first kappa shape index (κ1) is 17.0. The topological polar surface area (TPSA) is 38.1 Å². The summed E-state index contributed by atoms with van der Waals surface area (Å²) in [5.41, 5.74) is 3.59. The molecule has 0 N–H and O–H groups in total. The fraction of sp³-hybridized carbons (Fsp3) is 0.474. The van der Waals surface area contributed by atoms with Crippen LogP contribution in [0.2, 0.25) is 0 Å². The second kappa shape index (κ2) is 6.60. The van der Waals surface area contributed by atoms with Crippen LogP contribution in [0.15, 0.2) is 36.5 Å². The van der Waals surface area contributed by atoms with E-state index in [0.29, 0.717) is 6.54 Å². The molecule has 1 amide bonds. The molecule has 5 heteroatoms. The third kappa shape index (κ3) is 3.34. The zero-order valence-electron chi connectivity index (χ0n) is 14.5. The number of amides is 1. The Labute approximate surface area is 148 Å². The van der Waals surface area contributed by atoms with Gasteiger partial charge in [0, 0.05) is 12.2 Å². The lowest BCUT2D eigenvalue weighted by molar-refractivity contribution is -0.131. The van der Waals surface area contributed by atoms with Gasteiger partial charge in [-0.2, -0.15) is 5.10 Å². The van der Waals surface area contributed by atoms with Gasteiger partial charge in [-0.1, -0.05) is 24.3 Å². The van der Waals surface area contributed by atoms with Crippen molar-refractivity contribution in [1.82, 2.24) is 14.7 Å². The second-order valence-corrected chi connectivity index (χ2v) is 7.66. The molecule has 128 valence electrons. The lowest BCUT2D eigenvalue weighted by atomic mass is 10.1. The normalized spacial score (nSPS) is 14.7. The molecule has 0 fully saturated rings. The van der Waals surface area contributed by atoms with Crippen LogP contribution < -0.4 is 0 Å². The summed E-state index contributed by atoms with van der Waals surface area (Å²) in [6.45, 7) is 6.88. The van der Waals surface area contributed by atoms with Crippen molar-refractivity contribution in [2.45, 2.75) is 51.7 Å². The van der Waals surface area contributed by atoms with Gasteiger partial charge in [-0.05, 0) is 50.8 Å². The monoisotopic (exact) mass is 345 g/mol. The van der Waals surface area contributed by atoms with Gasteiger partial charge in [-0.15, -0.1) is 11.6 Å². The molecule has 2 aromatic rings. The molecule has 0 aliphatic heterocycles. The van der Waals surface area contributed by atoms with Gasteiger partial charge < -0.3 is 4.90 Å².